The number of hydrogen-bond donors (Lipinski definition) is 6. The number of ether oxygens (including phenoxy) is 4. The predicted octanol–water partition coefficient (Wildman–Crippen LogP) is 14.0. The van der Waals surface area contributed by atoms with Crippen LogP contribution in [-0.4, -0.2) is 244 Å². The first-order chi connectivity index (χ1) is 69.3. The number of unbranched alkanes of at least 4 members (excludes halogenated alkanes) is 2. The van der Waals surface area contributed by atoms with Crippen LogP contribution >= 0.6 is 0 Å². The summed E-state index contributed by atoms with van der Waals surface area (Å²) < 4.78 is 29.9. The summed E-state index contributed by atoms with van der Waals surface area (Å²) in [6.45, 7) is 19.2. The van der Waals surface area contributed by atoms with Crippen LogP contribution in [0.2, 0.25) is 0 Å². The van der Waals surface area contributed by atoms with Crippen LogP contribution in [0.25, 0.3) is 100 Å². The highest BCUT2D eigenvalue weighted by molar-refractivity contribution is 6.02. The van der Waals surface area contributed by atoms with Gasteiger partial charge < -0.3 is 54.7 Å². The Bertz CT molecular complexity index is 6750. The standard InChI is InChI=1S/C36H42N8O5.C35H40N8O4.C34H39N9O4/c1-4-5-6-11-32(35(46)48-2)43-21-30(39-41-43)24-16-25(18-26(17-24)34(45)23-12-14-37-15-13-23)31-22-44(42-40-31)33(36(47)49-3)19-27-20-38-29-10-8-7-9-28(27)29;1-21(2)13-32(22(3)44)42-19-30(38-40-42)24-14-25(16-26(15-24)34(45)23-9-11-36-12-10-23)31-20-43(41-39-31)33(35(46)47-4)17-27-18-37-29-8-6-5-7-28(27)29;1-21(2)13-31(22(3)44)42-19-29(37-39-42)23-14-24(16-25(15-23)33(45)41-11-9-35-10-12-41)30-20-43(40-38-30)32(34(46)47-4)17-26-18-36-28-8-6-5-7-27(26)28/h7-10,16-18,20-23,32-33,37-38H,4-6,11-15,19H2,1-3H3;5-8,14-16,18-21,23,32-33,36-37H,9-13,17H2,1-4H3;5-8,14-16,18-21,31-32,35-36H,9-13,17H2,1-4H3/t2*32-,33-;31-,32-/m000/s1. The molecule has 38 nitrogen and oxygen atoms in total. The van der Waals surface area contributed by atoms with Crippen molar-refractivity contribution in [2.75, 3.05) is 80.8 Å². The van der Waals surface area contributed by atoms with Crippen LogP contribution in [0.1, 0.15) is 197 Å². The summed E-state index contributed by atoms with van der Waals surface area (Å²) in [5, 5.41) is 65.5. The summed E-state index contributed by atoms with van der Waals surface area (Å²) in [5.41, 5.74) is 14.2. The molecule has 9 aromatic heterocycles. The van der Waals surface area contributed by atoms with Gasteiger partial charge in [0.15, 0.2) is 47.3 Å². The maximum atomic E-state index is 13.8. The van der Waals surface area contributed by atoms with E-state index in [2.05, 4.69) is 127 Å². The molecule has 6 aromatic carbocycles. The second-order valence-corrected chi connectivity index (χ2v) is 37.6. The van der Waals surface area contributed by atoms with E-state index in [1.165, 1.54) is 42.5 Å². The van der Waals surface area contributed by atoms with Gasteiger partial charge in [0.25, 0.3) is 5.91 Å². The SMILES string of the molecule is CCCCC[C@@H](C(=O)OC)n1cc(-c2cc(C(=O)C3CCNCC3)cc(-c3cn([C@@H](Cc4c[nH]c5ccccc45)C(=O)OC)nn3)c2)nn1.COC(=O)[C@H](Cc1c[nH]c2ccccc12)n1cc(-c2cc(C(=O)C3CCNCC3)cc(-c3cn([C@@H](CC(C)C)C(C)=O)nn3)c2)nn1.COC(=O)[C@H](Cc1c[nH]c2ccccc12)n1cc(-c2cc(C(=O)N3CCNCC3)cc(-c3cn([C@@H](CC(C)C)C(C)=O)nn3)c2)nn1. The number of hydrogen-bond acceptors (Lipinski definition) is 28. The smallest absolute Gasteiger partial charge is 0.331 e. The van der Waals surface area contributed by atoms with Gasteiger partial charge in [-0.1, -0.05) is 140 Å². The lowest BCUT2D eigenvalue weighted by atomic mass is 9.88. The molecule has 0 radical (unpaired) electrons. The Balaban J connectivity index is 0.000000154. The number of carbonyl (C=O) groups is 9. The number of methoxy groups -OCH3 is 4. The van der Waals surface area contributed by atoms with E-state index in [9.17, 15) is 43.2 Å². The molecule has 3 aliphatic heterocycles. The Kier molecular flexibility index (Phi) is 32.7. The number of carbonyl (C=O) groups excluding carboxylic acids is 9. The van der Waals surface area contributed by atoms with Gasteiger partial charge >= 0.3 is 23.9 Å². The van der Waals surface area contributed by atoms with Crippen molar-refractivity contribution in [2.24, 2.45) is 23.7 Å². The van der Waals surface area contributed by atoms with Crippen LogP contribution < -0.4 is 16.0 Å². The number of esters is 4. The lowest BCUT2D eigenvalue weighted by Crippen LogP contribution is -2.46. The van der Waals surface area contributed by atoms with Crippen molar-refractivity contribution in [3.63, 3.8) is 0 Å². The highest BCUT2D eigenvalue weighted by Crippen LogP contribution is 2.38. The van der Waals surface area contributed by atoms with Crippen molar-refractivity contribution in [1.82, 2.24) is 126 Å². The molecular weight excluding hydrogens is 1820 g/mol. The molecule has 6 N–H and O–H groups in total. The normalized spacial score (nSPS) is 14.9. The highest BCUT2D eigenvalue weighted by atomic mass is 16.5. The Labute approximate surface area is 825 Å². The van der Waals surface area contributed by atoms with E-state index in [1.54, 1.807) is 77.2 Å². The molecular formula is C105H121N25O13. The minimum Gasteiger partial charge on any atom is -0.467 e. The fraction of sp³-hybridized carbons (Fsp3) is 0.400. The van der Waals surface area contributed by atoms with E-state index in [-0.39, 0.29) is 52.8 Å². The van der Waals surface area contributed by atoms with Crippen molar-refractivity contribution in [1.29, 1.82) is 0 Å². The van der Waals surface area contributed by atoms with Crippen LogP contribution in [0, 0.1) is 23.7 Å². The molecule has 1 amide bonds. The van der Waals surface area contributed by atoms with E-state index in [4.69, 9.17) is 18.9 Å². The third-order valence-electron chi connectivity index (χ3n) is 26.8. The molecule has 38 heteroatoms. The third kappa shape index (κ3) is 23.8. The molecule has 3 aliphatic rings. The van der Waals surface area contributed by atoms with Gasteiger partial charge in [-0.2, -0.15) is 0 Å². The fourth-order valence-corrected chi connectivity index (χ4v) is 18.9. The molecule has 12 heterocycles. The van der Waals surface area contributed by atoms with Crippen molar-refractivity contribution in [3.8, 4) is 67.5 Å². The predicted molar refractivity (Wildman–Crippen MR) is 535 cm³/mol. The zero-order valence-electron chi connectivity index (χ0n) is 82.2. The summed E-state index contributed by atoms with van der Waals surface area (Å²) in [6, 6.07) is 36.4. The van der Waals surface area contributed by atoms with E-state index in [1.807, 2.05) is 139 Å². The van der Waals surface area contributed by atoms with Crippen molar-refractivity contribution in [2.45, 2.75) is 168 Å². The number of ketones is 4. The number of para-hydroxylation sites is 3. The molecule has 0 bridgehead atoms. The van der Waals surface area contributed by atoms with E-state index >= 15 is 0 Å². The van der Waals surface area contributed by atoms with Crippen LogP contribution in [0.4, 0.5) is 0 Å². The number of nitrogens with zero attached hydrogens (tertiary/aromatic N) is 19. The highest BCUT2D eigenvalue weighted by Gasteiger charge is 2.35. The number of piperazine rings is 1. The first-order valence-corrected chi connectivity index (χ1v) is 48.8. The number of piperidine rings is 2. The number of aromatic amines is 3. The number of fused-ring (bicyclic) bond motifs is 3. The number of rotatable bonds is 37. The van der Waals surface area contributed by atoms with Crippen LogP contribution in [-0.2, 0) is 67.0 Å². The summed E-state index contributed by atoms with van der Waals surface area (Å²) >= 11 is 0. The van der Waals surface area contributed by atoms with Gasteiger partial charge in [0.05, 0.1) is 65.6 Å². The van der Waals surface area contributed by atoms with Gasteiger partial charge in [0, 0.05) is 159 Å². The fourth-order valence-electron chi connectivity index (χ4n) is 18.9. The minimum atomic E-state index is -0.771. The molecule has 0 spiro atoms. The van der Waals surface area contributed by atoms with Crippen LogP contribution in [0.3, 0.4) is 0 Å². The molecule has 0 unspecified atom stereocenters. The van der Waals surface area contributed by atoms with E-state index in [0.29, 0.717) is 155 Å². The molecule has 0 aliphatic carbocycles. The number of Topliss-reactive ketones (excluding diaryl/α,β-unsaturated/α-hetero) is 4. The molecule has 3 fully saturated rings. The zero-order chi connectivity index (χ0) is 100. The molecule has 18 rings (SSSR count). The maximum absolute atomic E-state index is 13.8. The third-order valence-corrected chi connectivity index (χ3v) is 26.8. The molecule has 3 saturated heterocycles. The molecule has 744 valence electrons. The number of aromatic nitrogens is 21. The maximum Gasteiger partial charge on any atom is 0.331 e. The number of H-pyrrole nitrogens is 3. The lowest BCUT2D eigenvalue weighted by Gasteiger charge is -2.27. The molecule has 0 saturated carbocycles. The number of amides is 1. The number of benzene rings is 6. The van der Waals surface area contributed by atoms with Gasteiger partial charge in [-0.3, -0.25) is 24.0 Å². The topological polar surface area (TPSA) is 462 Å². The minimum absolute atomic E-state index is 0.00267. The Hall–Kier alpha value is -15.3. The average Bonchev–Trinajstić information content (AvgIpc) is 1.40. The van der Waals surface area contributed by atoms with Crippen molar-refractivity contribution in [3.05, 3.63) is 217 Å². The van der Waals surface area contributed by atoms with Crippen LogP contribution in [0.15, 0.2) is 183 Å². The first kappa shape index (κ1) is 101. The Morgan fingerprint density at radius 1 is 0.357 bits per heavy atom. The quantitative estimate of drug-likeness (QED) is 0.00911. The second kappa shape index (κ2) is 46.4. The van der Waals surface area contributed by atoms with Gasteiger partial charge in [0.2, 0.25) is 0 Å². The second-order valence-electron chi connectivity index (χ2n) is 37.6. The molecule has 15 aromatic rings. The van der Waals surface area contributed by atoms with Gasteiger partial charge in [-0.15, -0.1) is 30.6 Å². The average molecular weight is 1940 g/mol. The summed E-state index contributed by atoms with van der Waals surface area (Å²) in [6.07, 6.45) is 24.7. The Morgan fingerprint density at radius 2 is 0.636 bits per heavy atom. The number of nitrogens with one attached hydrogen (secondary N) is 6. The summed E-state index contributed by atoms with van der Waals surface area (Å²) in [4.78, 5) is 130. The van der Waals surface area contributed by atoms with Gasteiger partial charge in [-0.25, -0.2) is 47.3 Å². The summed E-state index contributed by atoms with van der Waals surface area (Å²) in [5.74, 6) is -1.35. The van der Waals surface area contributed by atoms with Crippen molar-refractivity contribution < 1.29 is 62.1 Å². The van der Waals surface area contributed by atoms with Gasteiger partial charge in [0.1, 0.15) is 46.2 Å². The first-order valence-electron chi connectivity index (χ1n) is 48.8. The Morgan fingerprint density at radius 3 is 0.930 bits per heavy atom. The zero-order valence-corrected chi connectivity index (χ0v) is 82.2. The van der Waals surface area contributed by atoms with E-state index < -0.39 is 54.2 Å². The van der Waals surface area contributed by atoms with E-state index in [0.717, 1.165) is 121 Å². The molecule has 143 heavy (non-hydrogen) atoms. The monoisotopic (exact) mass is 1940 g/mol. The van der Waals surface area contributed by atoms with Crippen molar-refractivity contribution >= 4 is 85.6 Å². The molecule has 6 atom stereocenters. The summed E-state index contributed by atoms with van der Waals surface area (Å²) in [7, 11) is 5.43. The van der Waals surface area contributed by atoms with Crippen LogP contribution in [0.5, 0.6) is 0 Å². The van der Waals surface area contributed by atoms with Gasteiger partial charge in [-0.05, 0) is 186 Å². The largest absolute Gasteiger partial charge is 0.467 e. The lowest BCUT2D eigenvalue weighted by molar-refractivity contribution is -0.146.